The van der Waals surface area contributed by atoms with E-state index in [2.05, 4.69) is 24.2 Å². The van der Waals surface area contributed by atoms with Gasteiger partial charge < -0.3 is 10.1 Å². The molecule has 0 aromatic carbocycles. The monoisotopic (exact) mass is 212 g/mol. The molecule has 0 amide bonds. The normalized spacial score (nSPS) is 38.4. The SMILES string of the molecule is CNCC1CCCN(C2CCOC2C)C1. The van der Waals surface area contributed by atoms with Crippen molar-refractivity contribution in [1.82, 2.24) is 10.2 Å². The van der Waals surface area contributed by atoms with Crippen LogP contribution in [0.2, 0.25) is 0 Å². The first-order valence-electron chi connectivity index (χ1n) is 6.31. The van der Waals surface area contributed by atoms with Gasteiger partial charge in [-0.3, -0.25) is 4.90 Å². The fourth-order valence-electron chi connectivity index (χ4n) is 3.05. The molecule has 2 aliphatic rings. The van der Waals surface area contributed by atoms with Gasteiger partial charge in [-0.1, -0.05) is 0 Å². The van der Waals surface area contributed by atoms with Gasteiger partial charge in [0.05, 0.1) is 6.10 Å². The van der Waals surface area contributed by atoms with Crippen molar-refractivity contribution >= 4 is 0 Å². The highest BCUT2D eigenvalue weighted by Crippen LogP contribution is 2.25. The van der Waals surface area contributed by atoms with Crippen LogP contribution >= 0.6 is 0 Å². The Labute approximate surface area is 93.2 Å². The Morgan fingerprint density at radius 3 is 2.93 bits per heavy atom. The zero-order valence-electron chi connectivity index (χ0n) is 10.0. The van der Waals surface area contributed by atoms with Crippen molar-refractivity contribution < 1.29 is 4.74 Å². The largest absolute Gasteiger partial charge is 0.377 e. The standard InChI is InChI=1S/C12H24N2O/c1-10-12(5-7-15-10)14-6-3-4-11(9-14)8-13-2/h10-13H,3-9H2,1-2H3. The lowest BCUT2D eigenvalue weighted by Gasteiger charge is -2.37. The van der Waals surface area contributed by atoms with Crippen molar-refractivity contribution in [2.24, 2.45) is 5.92 Å². The van der Waals surface area contributed by atoms with Gasteiger partial charge in [0.15, 0.2) is 0 Å². The van der Waals surface area contributed by atoms with Crippen LogP contribution < -0.4 is 5.32 Å². The highest BCUT2D eigenvalue weighted by Gasteiger charge is 2.32. The summed E-state index contributed by atoms with van der Waals surface area (Å²) in [6.07, 6.45) is 4.42. The second kappa shape index (κ2) is 5.28. The molecule has 0 spiro atoms. The van der Waals surface area contributed by atoms with E-state index < -0.39 is 0 Å². The molecule has 88 valence electrons. The van der Waals surface area contributed by atoms with Gasteiger partial charge >= 0.3 is 0 Å². The molecular formula is C12H24N2O. The summed E-state index contributed by atoms with van der Waals surface area (Å²) in [5, 5.41) is 3.30. The lowest BCUT2D eigenvalue weighted by molar-refractivity contribution is 0.0532. The number of rotatable bonds is 3. The van der Waals surface area contributed by atoms with E-state index in [1.54, 1.807) is 0 Å². The van der Waals surface area contributed by atoms with E-state index in [0.717, 1.165) is 12.5 Å². The third kappa shape index (κ3) is 2.71. The summed E-state index contributed by atoms with van der Waals surface area (Å²) in [5.74, 6) is 0.844. The summed E-state index contributed by atoms with van der Waals surface area (Å²) in [6, 6.07) is 0.685. The quantitative estimate of drug-likeness (QED) is 0.758. The molecule has 0 aromatic rings. The van der Waals surface area contributed by atoms with Gasteiger partial charge in [-0.15, -0.1) is 0 Å². The molecule has 2 rings (SSSR count). The lowest BCUT2D eigenvalue weighted by atomic mass is 9.95. The number of ether oxygens (including phenoxy) is 1. The Kier molecular flexibility index (Phi) is 4.00. The Balaban J connectivity index is 1.86. The average molecular weight is 212 g/mol. The molecule has 15 heavy (non-hydrogen) atoms. The molecule has 3 nitrogen and oxygen atoms in total. The second-order valence-corrected chi connectivity index (χ2v) is 4.99. The maximum absolute atomic E-state index is 5.66. The van der Waals surface area contributed by atoms with Gasteiger partial charge in [0, 0.05) is 19.2 Å². The molecule has 2 saturated heterocycles. The zero-order valence-corrected chi connectivity index (χ0v) is 10.0. The van der Waals surface area contributed by atoms with E-state index in [1.165, 1.54) is 38.9 Å². The maximum atomic E-state index is 5.66. The van der Waals surface area contributed by atoms with Crippen molar-refractivity contribution in [3.8, 4) is 0 Å². The summed E-state index contributed by atoms with van der Waals surface area (Å²) in [7, 11) is 2.06. The minimum atomic E-state index is 0.443. The second-order valence-electron chi connectivity index (χ2n) is 4.99. The first kappa shape index (κ1) is 11.4. The fourth-order valence-corrected chi connectivity index (χ4v) is 3.05. The smallest absolute Gasteiger partial charge is 0.0703 e. The number of hydrogen-bond donors (Lipinski definition) is 1. The van der Waals surface area contributed by atoms with Crippen LogP contribution in [0.15, 0.2) is 0 Å². The Hall–Kier alpha value is -0.120. The van der Waals surface area contributed by atoms with Crippen molar-refractivity contribution in [2.75, 3.05) is 33.3 Å². The molecule has 2 aliphatic heterocycles. The van der Waals surface area contributed by atoms with Crippen molar-refractivity contribution in [2.45, 2.75) is 38.3 Å². The van der Waals surface area contributed by atoms with E-state index in [0.29, 0.717) is 12.1 Å². The molecule has 2 fully saturated rings. The van der Waals surface area contributed by atoms with Crippen molar-refractivity contribution in [3.05, 3.63) is 0 Å². The van der Waals surface area contributed by atoms with Gasteiger partial charge in [0.2, 0.25) is 0 Å². The van der Waals surface area contributed by atoms with Crippen molar-refractivity contribution in [1.29, 1.82) is 0 Å². The zero-order chi connectivity index (χ0) is 10.7. The van der Waals surface area contributed by atoms with E-state index in [1.807, 2.05) is 0 Å². The summed E-state index contributed by atoms with van der Waals surface area (Å²) in [6.45, 7) is 6.88. The number of hydrogen-bond acceptors (Lipinski definition) is 3. The van der Waals surface area contributed by atoms with Crippen LogP contribution in [0.4, 0.5) is 0 Å². The van der Waals surface area contributed by atoms with Crippen LogP contribution in [0.25, 0.3) is 0 Å². The first-order valence-corrected chi connectivity index (χ1v) is 6.31. The Morgan fingerprint density at radius 2 is 2.27 bits per heavy atom. The van der Waals surface area contributed by atoms with Gasteiger partial charge in [0.1, 0.15) is 0 Å². The average Bonchev–Trinajstić information content (AvgIpc) is 2.65. The fraction of sp³-hybridized carbons (Fsp3) is 1.00. The molecule has 0 aliphatic carbocycles. The Bertz CT molecular complexity index is 196. The molecule has 3 unspecified atom stereocenters. The molecular weight excluding hydrogens is 188 g/mol. The summed E-state index contributed by atoms with van der Waals surface area (Å²) < 4.78 is 5.66. The highest BCUT2D eigenvalue weighted by molar-refractivity contribution is 4.86. The minimum Gasteiger partial charge on any atom is -0.377 e. The van der Waals surface area contributed by atoms with E-state index >= 15 is 0 Å². The lowest BCUT2D eigenvalue weighted by Crippen LogP contribution is -2.47. The van der Waals surface area contributed by atoms with E-state index in [-0.39, 0.29) is 0 Å². The summed E-state index contributed by atoms with van der Waals surface area (Å²) >= 11 is 0. The number of nitrogens with one attached hydrogen (secondary N) is 1. The van der Waals surface area contributed by atoms with Crippen LogP contribution in [-0.4, -0.2) is 50.3 Å². The van der Waals surface area contributed by atoms with E-state index in [4.69, 9.17) is 4.74 Å². The number of piperidine rings is 1. The maximum Gasteiger partial charge on any atom is 0.0703 e. The van der Waals surface area contributed by atoms with Gasteiger partial charge in [-0.25, -0.2) is 0 Å². The van der Waals surface area contributed by atoms with Gasteiger partial charge in [-0.05, 0) is 52.2 Å². The first-order chi connectivity index (χ1) is 7.31. The molecule has 0 saturated carbocycles. The summed E-state index contributed by atoms with van der Waals surface area (Å²) in [4.78, 5) is 2.66. The molecule has 2 heterocycles. The third-order valence-corrected chi connectivity index (χ3v) is 3.85. The Morgan fingerprint density at radius 1 is 1.40 bits per heavy atom. The topological polar surface area (TPSA) is 24.5 Å². The van der Waals surface area contributed by atoms with Crippen LogP contribution in [0.1, 0.15) is 26.2 Å². The predicted molar refractivity (Wildman–Crippen MR) is 62.0 cm³/mol. The highest BCUT2D eigenvalue weighted by atomic mass is 16.5. The molecule has 0 aromatic heterocycles. The van der Waals surface area contributed by atoms with Crippen LogP contribution in [0, 0.1) is 5.92 Å². The molecule has 0 bridgehead atoms. The van der Waals surface area contributed by atoms with Gasteiger partial charge in [0.25, 0.3) is 0 Å². The van der Waals surface area contributed by atoms with Crippen molar-refractivity contribution in [3.63, 3.8) is 0 Å². The molecule has 3 atom stereocenters. The third-order valence-electron chi connectivity index (χ3n) is 3.85. The van der Waals surface area contributed by atoms with E-state index in [9.17, 15) is 0 Å². The van der Waals surface area contributed by atoms with Crippen LogP contribution in [-0.2, 0) is 4.74 Å². The molecule has 1 N–H and O–H groups in total. The van der Waals surface area contributed by atoms with Crippen LogP contribution in [0.5, 0.6) is 0 Å². The predicted octanol–water partition coefficient (Wildman–Crippen LogP) is 1.10. The molecule has 3 heteroatoms. The van der Waals surface area contributed by atoms with Gasteiger partial charge in [-0.2, -0.15) is 0 Å². The number of likely N-dealkylation sites (tertiary alicyclic amines) is 1. The summed E-state index contributed by atoms with van der Waals surface area (Å²) in [5.41, 5.74) is 0. The van der Waals surface area contributed by atoms with Crippen LogP contribution in [0.3, 0.4) is 0 Å². The molecule has 0 radical (unpaired) electrons. The minimum absolute atomic E-state index is 0.443. The number of nitrogens with zero attached hydrogens (tertiary/aromatic N) is 1.